The minimum absolute atomic E-state index is 0.0348. The van der Waals surface area contributed by atoms with Crippen LogP contribution < -0.4 is 14.4 Å². The van der Waals surface area contributed by atoms with Crippen LogP contribution in [0.25, 0.3) is 10.8 Å². The molecule has 0 fully saturated rings. The SMILES string of the molecule is Cc1ccc(CN2C(=O)CC(c3ccc4c(c3)OCO4)c3c2ccc2ccccc32)cc1. The van der Waals surface area contributed by atoms with Crippen LogP contribution in [-0.4, -0.2) is 12.7 Å². The number of benzene rings is 4. The second-order valence-corrected chi connectivity index (χ2v) is 8.55. The molecule has 1 atom stereocenters. The monoisotopic (exact) mass is 421 g/mol. The van der Waals surface area contributed by atoms with E-state index in [9.17, 15) is 4.79 Å². The molecule has 2 aliphatic heterocycles. The molecule has 0 saturated heterocycles. The van der Waals surface area contributed by atoms with Crippen LogP contribution in [-0.2, 0) is 11.3 Å². The highest BCUT2D eigenvalue weighted by Crippen LogP contribution is 2.46. The van der Waals surface area contributed by atoms with Gasteiger partial charge in [0, 0.05) is 18.0 Å². The van der Waals surface area contributed by atoms with E-state index < -0.39 is 0 Å². The van der Waals surface area contributed by atoms with Gasteiger partial charge in [0.2, 0.25) is 12.7 Å². The van der Waals surface area contributed by atoms with Gasteiger partial charge in [-0.25, -0.2) is 0 Å². The quantitative estimate of drug-likeness (QED) is 0.411. The summed E-state index contributed by atoms with van der Waals surface area (Å²) in [6, 6.07) is 27.1. The molecule has 4 aromatic carbocycles. The van der Waals surface area contributed by atoms with Gasteiger partial charge in [-0.1, -0.05) is 66.2 Å². The number of fused-ring (bicyclic) bond motifs is 4. The maximum absolute atomic E-state index is 13.5. The maximum Gasteiger partial charge on any atom is 0.231 e. The number of nitrogens with zero attached hydrogens (tertiary/aromatic N) is 1. The molecule has 4 heteroatoms. The standard InChI is InChI=1S/C28H23NO3/c1-18-6-8-19(9-7-18)16-29-24-12-10-20-4-2-3-5-22(20)28(24)23(15-27(29)30)21-11-13-25-26(14-21)32-17-31-25/h2-14,23H,15-17H2,1H3. The third-order valence-corrected chi connectivity index (χ3v) is 6.53. The summed E-state index contributed by atoms with van der Waals surface area (Å²) in [5, 5.41) is 2.37. The molecule has 2 heterocycles. The molecule has 0 aliphatic carbocycles. The average molecular weight is 421 g/mol. The van der Waals surface area contributed by atoms with E-state index in [0.29, 0.717) is 13.0 Å². The van der Waals surface area contributed by atoms with E-state index in [0.717, 1.165) is 28.3 Å². The summed E-state index contributed by atoms with van der Waals surface area (Å²) in [6.07, 6.45) is 0.423. The minimum atomic E-state index is -0.0348. The largest absolute Gasteiger partial charge is 0.454 e. The van der Waals surface area contributed by atoms with Gasteiger partial charge in [0.05, 0.1) is 6.54 Å². The zero-order chi connectivity index (χ0) is 21.7. The van der Waals surface area contributed by atoms with Crippen molar-refractivity contribution >= 4 is 22.4 Å². The third kappa shape index (κ3) is 3.11. The summed E-state index contributed by atoms with van der Waals surface area (Å²) >= 11 is 0. The molecule has 0 saturated carbocycles. The fraction of sp³-hybridized carbons (Fsp3) is 0.179. The Labute approximate surface area is 187 Å². The predicted molar refractivity (Wildman–Crippen MR) is 125 cm³/mol. The number of carbonyl (C=O) groups excluding carboxylic acids is 1. The topological polar surface area (TPSA) is 38.8 Å². The molecule has 0 spiro atoms. The number of anilines is 1. The molecule has 4 nitrogen and oxygen atoms in total. The van der Waals surface area contributed by atoms with Gasteiger partial charge in [-0.05, 0) is 52.6 Å². The Morgan fingerprint density at radius 2 is 1.72 bits per heavy atom. The lowest BCUT2D eigenvalue weighted by molar-refractivity contribution is -0.119. The highest BCUT2D eigenvalue weighted by atomic mass is 16.7. The lowest BCUT2D eigenvalue weighted by Gasteiger charge is -2.35. The first-order chi connectivity index (χ1) is 15.7. The smallest absolute Gasteiger partial charge is 0.231 e. The Hall–Kier alpha value is -3.79. The first kappa shape index (κ1) is 18.9. The number of hydrogen-bond acceptors (Lipinski definition) is 3. The first-order valence-electron chi connectivity index (χ1n) is 10.9. The fourth-order valence-corrected chi connectivity index (χ4v) is 4.87. The molecular weight excluding hydrogens is 398 g/mol. The summed E-state index contributed by atoms with van der Waals surface area (Å²) in [7, 11) is 0. The summed E-state index contributed by atoms with van der Waals surface area (Å²) in [5.74, 6) is 1.61. The molecule has 158 valence electrons. The van der Waals surface area contributed by atoms with Crippen molar-refractivity contribution in [2.45, 2.75) is 25.8 Å². The number of hydrogen-bond donors (Lipinski definition) is 0. The lowest BCUT2D eigenvalue weighted by atomic mass is 9.81. The number of ether oxygens (including phenoxy) is 2. The summed E-state index contributed by atoms with van der Waals surface area (Å²) in [4.78, 5) is 15.4. The normalized spacial score (nSPS) is 17.0. The minimum Gasteiger partial charge on any atom is -0.454 e. The Kier molecular flexibility index (Phi) is 4.39. The molecule has 0 aromatic heterocycles. The van der Waals surface area contributed by atoms with Gasteiger partial charge in [-0.2, -0.15) is 0 Å². The molecule has 0 bridgehead atoms. The summed E-state index contributed by atoms with van der Waals surface area (Å²) in [6.45, 7) is 2.89. The van der Waals surface area contributed by atoms with Gasteiger partial charge in [0.15, 0.2) is 11.5 Å². The highest BCUT2D eigenvalue weighted by molar-refractivity contribution is 6.03. The van der Waals surface area contributed by atoms with Crippen molar-refractivity contribution in [3.05, 3.63) is 101 Å². The Bertz CT molecular complexity index is 1340. The van der Waals surface area contributed by atoms with Gasteiger partial charge >= 0.3 is 0 Å². The van der Waals surface area contributed by atoms with E-state index in [4.69, 9.17) is 9.47 Å². The van der Waals surface area contributed by atoms with Crippen LogP contribution in [0.1, 0.15) is 34.6 Å². The van der Waals surface area contributed by atoms with E-state index in [-0.39, 0.29) is 18.6 Å². The number of rotatable bonds is 3. The van der Waals surface area contributed by atoms with E-state index in [1.807, 2.05) is 17.0 Å². The number of aryl methyl sites for hydroxylation is 1. The molecule has 0 radical (unpaired) electrons. The average Bonchev–Trinajstić information content (AvgIpc) is 3.29. The number of amides is 1. The third-order valence-electron chi connectivity index (χ3n) is 6.53. The van der Waals surface area contributed by atoms with Gasteiger partial charge in [0.25, 0.3) is 0 Å². The Morgan fingerprint density at radius 3 is 2.59 bits per heavy atom. The zero-order valence-electron chi connectivity index (χ0n) is 17.9. The van der Waals surface area contributed by atoms with Crippen LogP contribution >= 0.6 is 0 Å². The molecule has 1 amide bonds. The second-order valence-electron chi connectivity index (χ2n) is 8.55. The van der Waals surface area contributed by atoms with Crippen molar-refractivity contribution in [3.8, 4) is 11.5 Å². The van der Waals surface area contributed by atoms with Crippen LogP contribution in [0.4, 0.5) is 5.69 Å². The van der Waals surface area contributed by atoms with Crippen molar-refractivity contribution in [2.24, 2.45) is 0 Å². The van der Waals surface area contributed by atoms with Gasteiger partial charge in [0.1, 0.15) is 0 Å². The Morgan fingerprint density at radius 1 is 0.906 bits per heavy atom. The van der Waals surface area contributed by atoms with Gasteiger partial charge in [-0.3, -0.25) is 4.79 Å². The van der Waals surface area contributed by atoms with E-state index >= 15 is 0 Å². The second kappa shape index (κ2) is 7.41. The molecular formula is C28H23NO3. The fourth-order valence-electron chi connectivity index (χ4n) is 4.87. The predicted octanol–water partition coefficient (Wildman–Crippen LogP) is 5.95. The number of carbonyl (C=O) groups is 1. The summed E-state index contributed by atoms with van der Waals surface area (Å²) in [5.41, 5.74) is 5.62. The molecule has 2 aliphatic rings. The lowest BCUT2D eigenvalue weighted by Crippen LogP contribution is -2.36. The molecule has 6 rings (SSSR count). The van der Waals surface area contributed by atoms with Crippen molar-refractivity contribution in [1.82, 2.24) is 0 Å². The molecule has 4 aromatic rings. The van der Waals surface area contributed by atoms with Crippen molar-refractivity contribution < 1.29 is 14.3 Å². The van der Waals surface area contributed by atoms with Gasteiger partial charge in [-0.15, -0.1) is 0 Å². The van der Waals surface area contributed by atoms with Crippen molar-refractivity contribution in [1.29, 1.82) is 0 Å². The summed E-state index contributed by atoms with van der Waals surface area (Å²) < 4.78 is 11.1. The first-order valence-corrected chi connectivity index (χ1v) is 10.9. The van der Waals surface area contributed by atoms with Crippen LogP contribution in [0.3, 0.4) is 0 Å². The van der Waals surface area contributed by atoms with Crippen molar-refractivity contribution in [3.63, 3.8) is 0 Å². The van der Waals surface area contributed by atoms with E-state index in [1.165, 1.54) is 21.9 Å². The van der Waals surface area contributed by atoms with Crippen LogP contribution in [0.15, 0.2) is 78.9 Å². The molecule has 32 heavy (non-hydrogen) atoms. The van der Waals surface area contributed by atoms with Crippen LogP contribution in [0.5, 0.6) is 11.5 Å². The molecule has 0 N–H and O–H groups in total. The van der Waals surface area contributed by atoms with E-state index in [2.05, 4.69) is 73.7 Å². The maximum atomic E-state index is 13.5. The highest BCUT2D eigenvalue weighted by Gasteiger charge is 2.34. The zero-order valence-corrected chi connectivity index (χ0v) is 17.9. The van der Waals surface area contributed by atoms with Crippen LogP contribution in [0.2, 0.25) is 0 Å². The Balaban J connectivity index is 1.50. The van der Waals surface area contributed by atoms with Crippen molar-refractivity contribution in [2.75, 3.05) is 11.7 Å². The van der Waals surface area contributed by atoms with Gasteiger partial charge < -0.3 is 14.4 Å². The van der Waals surface area contributed by atoms with E-state index in [1.54, 1.807) is 0 Å². The van der Waals surface area contributed by atoms with Crippen LogP contribution in [0, 0.1) is 6.92 Å². The molecule has 1 unspecified atom stereocenters.